The molecule has 1 atom stereocenters. The van der Waals surface area contributed by atoms with Crippen molar-refractivity contribution in [3.05, 3.63) is 81.0 Å². The van der Waals surface area contributed by atoms with Gasteiger partial charge in [-0.25, -0.2) is 9.97 Å². The summed E-state index contributed by atoms with van der Waals surface area (Å²) in [7, 11) is 0. The average Bonchev–Trinajstić information content (AvgIpc) is 3.04. The van der Waals surface area contributed by atoms with Crippen LogP contribution in [0.25, 0.3) is 0 Å². The summed E-state index contributed by atoms with van der Waals surface area (Å²) in [5.41, 5.74) is 2.74. The molecular formula is C17H13ClN2OS. The number of carbonyl (C=O) groups is 1. The Balaban J connectivity index is 1.86. The van der Waals surface area contributed by atoms with E-state index in [0.717, 1.165) is 16.1 Å². The van der Waals surface area contributed by atoms with Crippen LogP contribution in [0.4, 0.5) is 0 Å². The predicted molar refractivity (Wildman–Crippen MR) is 88.8 cm³/mol. The van der Waals surface area contributed by atoms with Crippen molar-refractivity contribution < 1.29 is 4.79 Å². The summed E-state index contributed by atoms with van der Waals surface area (Å²) in [6, 6.07) is 9.73. The van der Waals surface area contributed by atoms with Crippen LogP contribution in [0, 0.1) is 0 Å². The Bertz CT molecular complexity index is 801. The van der Waals surface area contributed by atoms with Crippen molar-refractivity contribution in [3.8, 4) is 0 Å². The average molecular weight is 329 g/mol. The molecular weight excluding hydrogens is 316 g/mol. The third kappa shape index (κ3) is 3.08. The van der Waals surface area contributed by atoms with Crippen molar-refractivity contribution in [3.63, 3.8) is 0 Å². The first kappa shape index (κ1) is 14.9. The van der Waals surface area contributed by atoms with Crippen molar-refractivity contribution in [1.29, 1.82) is 0 Å². The minimum Gasteiger partial charge on any atom is -0.288 e. The van der Waals surface area contributed by atoms with Gasteiger partial charge in [0.05, 0.1) is 10.4 Å². The van der Waals surface area contributed by atoms with Crippen molar-refractivity contribution in [1.82, 2.24) is 9.97 Å². The lowest BCUT2D eigenvalue weighted by atomic mass is 9.95. The summed E-state index contributed by atoms with van der Waals surface area (Å²) in [6.45, 7) is 2.10. The zero-order chi connectivity index (χ0) is 15.5. The molecule has 3 nitrogen and oxygen atoms in total. The Labute approximate surface area is 137 Å². The molecule has 0 bridgehead atoms. The lowest BCUT2D eigenvalue weighted by molar-refractivity contribution is 0.104. The lowest BCUT2D eigenvalue weighted by Gasteiger charge is -2.10. The number of nitrogens with zero attached hydrogens (tertiary/aromatic N) is 2. The fourth-order valence-corrected chi connectivity index (χ4v) is 3.39. The van der Waals surface area contributed by atoms with Crippen LogP contribution >= 0.6 is 22.9 Å². The number of hydrogen-bond acceptors (Lipinski definition) is 4. The van der Waals surface area contributed by atoms with Gasteiger partial charge in [-0.1, -0.05) is 30.7 Å². The fraction of sp³-hybridized carbons (Fsp3) is 0.118. The van der Waals surface area contributed by atoms with Gasteiger partial charge < -0.3 is 0 Å². The highest BCUT2D eigenvalue weighted by atomic mass is 35.5. The van der Waals surface area contributed by atoms with Crippen molar-refractivity contribution >= 4 is 28.7 Å². The Hall–Kier alpha value is -2.04. The Morgan fingerprint density at radius 3 is 2.68 bits per heavy atom. The van der Waals surface area contributed by atoms with E-state index in [0.29, 0.717) is 10.4 Å². The first-order valence-corrected chi connectivity index (χ1v) is 8.04. The van der Waals surface area contributed by atoms with Gasteiger partial charge in [0.25, 0.3) is 0 Å². The van der Waals surface area contributed by atoms with E-state index in [1.165, 1.54) is 30.1 Å². The number of halogens is 1. The largest absolute Gasteiger partial charge is 0.288 e. The van der Waals surface area contributed by atoms with Crippen molar-refractivity contribution in [2.75, 3.05) is 0 Å². The van der Waals surface area contributed by atoms with E-state index < -0.39 is 0 Å². The minimum atomic E-state index is -0.0462. The molecule has 2 heterocycles. The molecule has 0 aliphatic carbocycles. The molecule has 5 heteroatoms. The highest BCUT2D eigenvalue weighted by Gasteiger charge is 2.16. The molecule has 0 N–H and O–H groups in total. The number of thiophene rings is 1. The van der Waals surface area contributed by atoms with Crippen LogP contribution < -0.4 is 0 Å². The molecule has 0 amide bonds. The summed E-state index contributed by atoms with van der Waals surface area (Å²) in [4.78, 5) is 20.9. The van der Waals surface area contributed by atoms with Crippen LogP contribution in [0.15, 0.2) is 54.4 Å². The van der Waals surface area contributed by atoms with Crippen LogP contribution in [0.2, 0.25) is 5.02 Å². The van der Waals surface area contributed by atoms with Gasteiger partial charge in [0.15, 0.2) is 0 Å². The van der Waals surface area contributed by atoms with Gasteiger partial charge in [-0.2, -0.15) is 0 Å². The summed E-state index contributed by atoms with van der Waals surface area (Å²) in [6.07, 6.45) is 4.49. The molecule has 110 valence electrons. The lowest BCUT2D eigenvalue weighted by Crippen LogP contribution is -2.00. The third-order valence-corrected chi connectivity index (χ3v) is 4.70. The summed E-state index contributed by atoms with van der Waals surface area (Å²) in [5.74, 6) is 0.138. The molecule has 1 aromatic carbocycles. The highest BCUT2D eigenvalue weighted by molar-refractivity contribution is 7.12. The minimum absolute atomic E-state index is 0.0462. The topological polar surface area (TPSA) is 42.9 Å². The van der Waals surface area contributed by atoms with E-state index in [1.807, 2.05) is 35.7 Å². The molecule has 2 aromatic heterocycles. The van der Waals surface area contributed by atoms with Gasteiger partial charge in [0, 0.05) is 23.3 Å². The second kappa shape index (κ2) is 6.38. The van der Waals surface area contributed by atoms with E-state index in [9.17, 15) is 4.79 Å². The SMILES string of the molecule is C[C@@H](c1cccc(Cl)c1)c1csc(C(=O)c2cncnc2)c1. The number of rotatable bonds is 4. The predicted octanol–water partition coefficient (Wildman–Crippen LogP) is 4.57. The van der Waals surface area contributed by atoms with Crippen molar-refractivity contribution in [2.45, 2.75) is 12.8 Å². The molecule has 0 unspecified atom stereocenters. The Morgan fingerprint density at radius 2 is 1.95 bits per heavy atom. The van der Waals surface area contributed by atoms with Crippen LogP contribution in [0.3, 0.4) is 0 Å². The molecule has 0 aliphatic heterocycles. The van der Waals surface area contributed by atoms with Gasteiger partial charge in [-0.15, -0.1) is 11.3 Å². The molecule has 0 radical (unpaired) electrons. The number of aromatic nitrogens is 2. The Kier molecular flexibility index (Phi) is 4.32. The number of benzene rings is 1. The monoisotopic (exact) mass is 328 g/mol. The molecule has 0 spiro atoms. The van der Waals surface area contributed by atoms with E-state index in [2.05, 4.69) is 16.9 Å². The van der Waals surface area contributed by atoms with Crippen LogP contribution in [-0.4, -0.2) is 15.8 Å². The molecule has 3 aromatic rings. The van der Waals surface area contributed by atoms with E-state index in [1.54, 1.807) is 0 Å². The molecule has 0 saturated carbocycles. The smallest absolute Gasteiger partial charge is 0.206 e. The number of carbonyl (C=O) groups excluding carboxylic acids is 1. The normalized spacial score (nSPS) is 12.1. The van der Waals surface area contributed by atoms with E-state index in [4.69, 9.17) is 11.6 Å². The van der Waals surface area contributed by atoms with Gasteiger partial charge in [0.1, 0.15) is 6.33 Å². The second-order valence-corrected chi connectivity index (χ2v) is 6.32. The van der Waals surface area contributed by atoms with Crippen LogP contribution in [0.5, 0.6) is 0 Å². The van der Waals surface area contributed by atoms with Crippen LogP contribution in [0.1, 0.15) is 39.2 Å². The summed E-state index contributed by atoms with van der Waals surface area (Å²) >= 11 is 7.49. The molecule has 0 aliphatic rings. The number of hydrogen-bond donors (Lipinski definition) is 0. The maximum absolute atomic E-state index is 12.4. The highest BCUT2D eigenvalue weighted by Crippen LogP contribution is 2.30. The fourth-order valence-electron chi connectivity index (χ4n) is 2.22. The molecule has 22 heavy (non-hydrogen) atoms. The number of ketones is 1. The first-order chi connectivity index (χ1) is 10.6. The van der Waals surface area contributed by atoms with E-state index >= 15 is 0 Å². The van der Waals surface area contributed by atoms with E-state index in [-0.39, 0.29) is 11.7 Å². The first-order valence-electron chi connectivity index (χ1n) is 6.79. The van der Waals surface area contributed by atoms with Crippen molar-refractivity contribution in [2.24, 2.45) is 0 Å². The van der Waals surface area contributed by atoms with Gasteiger partial charge in [-0.05, 0) is 34.7 Å². The third-order valence-electron chi connectivity index (χ3n) is 3.51. The molecule has 0 fully saturated rings. The molecule has 0 saturated heterocycles. The van der Waals surface area contributed by atoms with Gasteiger partial charge >= 0.3 is 0 Å². The Morgan fingerprint density at radius 1 is 1.18 bits per heavy atom. The van der Waals surface area contributed by atoms with Crippen LogP contribution in [-0.2, 0) is 0 Å². The maximum Gasteiger partial charge on any atom is 0.206 e. The summed E-state index contributed by atoms with van der Waals surface area (Å²) < 4.78 is 0. The molecule has 3 rings (SSSR count). The quantitative estimate of drug-likeness (QED) is 0.659. The standard InChI is InChI=1S/C17H13ClN2OS/c1-11(12-3-2-4-15(18)5-12)13-6-16(22-9-13)17(21)14-7-19-10-20-8-14/h2-11H,1H3/t11-/m0/s1. The summed E-state index contributed by atoms with van der Waals surface area (Å²) in [5, 5.41) is 2.74. The zero-order valence-corrected chi connectivity index (χ0v) is 13.4. The van der Waals surface area contributed by atoms with Gasteiger partial charge in [-0.3, -0.25) is 4.79 Å². The second-order valence-electron chi connectivity index (χ2n) is 4.98. The zero-order valence-electron chi connectivity index (χ0n) is 11.9. The van der Waals surface area contributed by atoms with Gasteiger partial charge in [0.2, 0.25) is 5.78 Å². The maximum atomic E-state index is 12.4.